The van der Waals surface area contributed by atoms with E-state index in [4.69, 9.17) is 14.1 Å². The maximum absolute atomic E-state index is 8.49. The van der Waals surface area contributed by atoms with E-state index in [0.29, 0.717) is 6.42 Å². The number of rotatable bonds is 2. The molecule has 0 N–H and O–H groups in total. The first-order valence-corrected chi connectivity index (χ1v) is 4.29. The topological polar surface area (TPSA) is 50.1 Å². The second-order valence-corrected chi connectivity index (χ2v) is 3.10. The summed E-state index contributed by atoms with van der Waals surface area (Å²) in [5.74, 6) is 1.59. The van der Waals surface area contributed by atoms with Gasteiger partial charge in [0.2, 0.25) is 0 Å². The zero-order valence-electron chi connectivity index (χ0n) is 7.78. The van der Waals surface area contributed by atoms with E-state index in [-0.39, 0.29) is 0 Å². The molecule has 2 aromatic rings. The lowest BCUT2D eigenvalue weighted by atomic mass is 10.2. The van der Waals surface area contributed by atoms with E-state index in [0.717, 1.165) is 22.6 Å². The van der Waals surface area contributed by atoms with Crippen LogP contribution in [0.5, 0.6) is 0 Å². The van der Waals surface area contributed by atoms with E-state index in [1.165, 1.54) is 0 Å². The third-order valence-corrected chi connectivity index (χ3v) is 1.95. The SMILES string of the molecule is Cc1cc(-c2cc(CC#N)co2)co1. The molecule has 0 unspecified atom stereocenters. The predicted octanol–water partition coefficient (Wildman–Crippen LogP) is 2.91. The van der Waals surface area contributed by atoms with E-state index in [1.54, 1.807) is 12.5 Å². The number of furan rings is 2. The number of hydrogen-bond acceptors (Lipinski definition) is 3. The second-order valence-electron chi connectivity index (χ2n) is 3.10. The summed E-state index contributed by atoms with van der Waals surface area (Å²) >= 11 is 0. The van der Waals surface area contributed by atoms with Crippen LogP contribution in [0.3, 0.4) is 0 Å². The fraction of sp³-hybridized carbons (Fsp3) is 0.182. The van der Waals surface area contributed by atoms with Gasteiger partial charge in [0.1, 0.15) is 17.8 Å². The fourth-order valence-corrected chi connectivity index (χ4v) is 1.28. The monoisotopic (exact) mass is 187 g/mol. The van der Waals surface area contributed by atoms with E-state index in [2.05, 4.69) is 6.07 Å². The van der Waals surface area contributed by atoms with Crippen molar-refractivity contribution in [3.05, 3.63) is 36.0 Å². The first kappa shape index (κ1) is 8.64. The van der Waals surface area contributed by atoms with Crippen molar-refractivity contribution in [2.45, 2.75) is 13.3 Å². The van der Waals surface area contributed by atoms with Crippen LogP contribution in [0.15, 0.2) is 33.5 Å². The summed E-state index contributed by atoms with van der Waals surface area (Å²) < 4.78 is 10.5. The highest BCUT2D eigenvalue weighted by atomic mass is 16.3. The lowest BCUT2D eigenvalue weighted by Gasteiger charge is -1.84. The Labute approximate surface area is 81.6 Å². The number of hydrogen-bond donors (Lipinski definition) is 0. The lowest BCUT2D eigenvalue weighted by Crippen LogP contribution is -1.72. The molecular weight excluding hydrogens is 178 g/mol. The molecule has 2 heterocycles. The Morgan fingerprint density at radius 3 is 2.79 bits per heavy atom. The van der Waals surface area contributed by atoms with Gasteiger partial charge in [-0.05, 0) is 19.1 Å². The van der Waals surface area contributed by atoms with Crippen LogP contribution in [0.1, 0.15) is 11.3 Å². The van der Waals surface area contributed by atoms with Gasteiger partial charge in [-0.3, -0.25) is 0 Å². The molecule has 0 saturated heterocycles. The fourth-order valence-electron chi connectivity index (χ4n) is 1.28. The molecule has 0 aromatic carbocycles. The summed E-state index contributed by atoms with van der Waals surface area (Å²) in [4.78, 5) is 0. The van der Waals surface area contributed by atoms with Crippen LogP contribution in [-0.2, 0) is 6.42 Å². The number of nitriles is 1. The predicted molar refractivity (Wildman–Crippen MR) is 50.5 cm³/mol. The molecule has 0 aliphatic rings. The van der Waals surface area contributed by atoms with Gasteiger partial charge in [0.25, 0.3) is 0 Å². The van der Waals surface area contributed by atoms with Gasteiger partial charge in [0, 0.05) is 5.56 Å². The smallest absolute Gasteiger partial charge is 0.137 e. The highest BCUT2D eigenvalue weighted by Crippen LogP contribution is 2.24. The highest BCUT2D eigenvalue weighted by Gasteiger charge is 2.06. The molecule has 2 aromatic heterocycles. The molecule has 0 radical (unpaired) electrons. The number of aryl methyl sites for hydroxylation is 1. The van der Waals surface area contributed by atoms with E-state index in [9.17, 15) is 0 Å². The van der Waals surface area contributed by atoms with Gasteiger partial charge in [-0.2, -0.15) is 5.26 Å². The van der Waals surface area contributed by atoms with E-state index < -0.39 is 0 Å². The standard InChI is InChI=1S/C11H9NO2/c1-8-4-10(7-13-8)11-5-9(2-3-12)6-14-11/h4-7H,2H2,1H3. The van der Waals surface area contributed by atoms with E-state index >= 15 is 0 Å². The molecule has 0 aliphatic carbocycles. The van der Waals surface area contributed by atoms with Crippen LogP contribution < -0.4 is 0 Å². The van der Waals surface area contributed by atoms with Gasteiger partial charge in [-0.15, -0.1) is 0 Å². The van der Waals surface area contributed by atoms with Gasteiger partial charge >= 0.3 is 0 Å². The molecule has 0 atom stereocenters. The van der Waals surface area contributed by atoms with Crippen LogP contribution in [0.4, 0.5) is 0 Å². The van der Waals surface area contributed by atoms with Crippen molar-refractivity contribution in [3.63, 3.8) is 0 Å². The minimum Gasteiger partial charge on any atom is -0.469 e. The van der Waals surface area contributed by atoms with Gasteiger partial charge in [-0.1, -0.05) is 0 Å². The molecule has 0 aliphatic heterocycles. The zero-order valence-corrected chi connectivity index (χ0v) is 7.78. The third kappa shape index (κ3) is 1.55. The van der Waals surface area contributed by atoms with Crippen molar-refractivity contribution in [1.82, 2.24) is 0 Å². The van der Waals surface area contributed by atoms with Gasteiger partial charge < -0.3 is 8.83 Å². The van der Waals surface area contributed by atoms with Crippen molar-refractivity contribution in [3.8, 4) is 17.4 Å². The molecule has 0 spiro atoms. The minimum atomic E-state index is 0.375. The Balaban J connectivity index is 2.30. The summed E-state index contributed by atoms with van der Waals surface area (Å²) in [5, 5.41) is 8.49. The quantitative estimate of drug-likeness (QED) is 0.726. The summed E-state index contributed by atoms with van der Waals surface area (Å²) in [5.41, 5.74) is 1.80. The minimum absolute atomic E-state index is 0.375. The molecule has 3 nitrogen and oxygen atoms in total. The van der Waals surface area contributed by atoms with Crippen LogP contribution in [-0.4, -0.2) is 0 Å². The Kier molecular flexibility index (Phi) is 2.11. The first-order chi connectivity index (χ1) is 6.79. The van der Waals surface area contributed by atoms with Crippen LogP contribution in [0, 0.1) is 18.3 Å². The first-order valence-electron chi connectivity index (χ1n) is 4.29. The molecule has 0 fully saturated rings. The molecule has 2 rings (SSSR count). The van der Waals surface area contributed by atoms with Crippen LogP contribution in [0.25, 0.3) is 11.3 Å². The molecular formula is C11H9NO2. The normalized spacial score (nSPS) is 10.0. The van der Waals surface area contributed by atoms with Crippen molar-refractivity contribution >= 4 is 0 Å². The van der Waals surface area contributed by atoms with Crippen LogP contribution in [0.2, 0.25) is 0 Å². The lowest BCUT2D eigenvalue weighted by molar-refractivity contribution is 0.532. The van der Waals surface area contributed by atoms with Crippen molar-refractivity contribution in [1.29, 1.82) is 5.26 Å². The summed E-state index contributed by atoms with van der Waals surface area (Å²) in [6, 6.07) is 5.82. The molecule has 14 heavy (non-hydrogen) atoms. The maximum Gasteiger partial charge on any atom is 0.137 e. The molecule has 0 bridgehead atoms. The Hall–Kier alpha value is -1.95. The second kappa shape index (κ2) is 3.43. The van der Waals surface area contributed by atoms with Crippen molar-refractivity contribution in [2.75, 3.05) is 0 Å². The largest absolute Gasteiger partial charge is 0.469 e. The summed E-state index contributed by atoms with van der Waals surface area (Å²) in [6.07, 6.45) is 3.62. The molecule has 70 valence electrons. The van der Waals surface area contributed by atoms with Gasteiger partial charge in [0.15, 0.2) is 0 Å². The average Bonchev–Trinajstić information content (AvgIpc) is 2.74. The maximum atomic E-state index is 8.49. The average molecular weight is 187 g/mol. The van der Waals surface area contributed by atoms with Gasteiger partial charge in [0.05, 0.1) is 24.3 Å². The summed E-state index contributed by atoms with van der Waals surface area (Å²) in [6.45, 7) is 1.88. The Bertz CT molecular complexity index is 473. The summed E-state index contributed by atoms with van der Waals surface area (Å²) in [7, 11) is 0. The van der Waals surface area contributed by atoms with Gasteiger partial charge in [-0.25, -0.2) is 0 Å². The van der Waals surface area contributed by atoms with Crippen LogP contribution >= 0.6 is 0 Å². The molecule has 0 saturated carbocycles. The van der Waals surface area contributed by atoms with E-state index in [1.807, 2.05) is 19.1 Å². The van der Waals surface area contributed by atoms with Crippen molar-refractivity contribution in [2.24, 2.45) is 0 Å². The highest BCUT2D eigenvalue weighted by molar-refractivity contribution is 5.57. The Morgan fingerprint density at radius 2 is 2.14 bits per heavy atom. The van der Waals surface area contributed by atoms with Crippen molar-refractivity contribution < 1.29 is 8.83 Å². The zero-order chi connectivity index (χ0) is 9.97. The molecule has 3 heteroatoms. The molecule has 0 amide bonds. The third-order valence-electron chi connectivity index (χ3n) is 1.95. The Morgan fingerprint density at radius 1 is 1.29 bits per heavy atom. The number of nitrogens with zero attached hydrogens (tertiary/aromatic N) is 1.